The van der Waals surface area contributed by atoms with Crippen LogP contribution in [0.25, 0.3) is 0 Å². The Morgan fingerprint density at radius 1 is 1.33 bits per heavy atom. The summed E-state index contributed by atoms with van der Waals surface area (Å²) in [5.74, 6) is -0.351. The van der Waals surface area contributed by atoms with Gasteiger partial charge < -0.3 is 11.1 Å². The van der Waals surface area contributed by atoms with Crippen molar-refractivity contribution in [1.29, 1.82) is 5.26 Å². The van der Waals surface area contributed by atoms with Gasteiger partial charge in [0.05, 0.1) is 5.56 Å². The minimum absolute atomic E-state index is 0.184. The van der Waals surface area contributed by atoms with Crippen molar-refractivity contribution in [2.75, 3.05) is 11.1 Å². The Bertz CT molecular complexity index is 617. The molecule has 0 atom stereocenters. The molecule has 0 aliphatic carbocycles. The number of nitrogens with two attached hydrogens (primary N) is 1. The molecule has 1 amide bonds. The van der Waals surface area contributed by atoms with Gasteiger partial charge in [-0.05, 0) is 18.2 Å². The highest BCUT2D eigenvalue weighted by Crippen LogP contribution is 2.14. The molecule has 0 spiro atoms. The maximum atomic E-state index is 11.9. The van der Waals surface area contributed by atoms with E-state index >= 15 is 0 Å². The van der Waals surface area contributed by atoms with Crippen molar-refractivity contribution in [3.8, 4) is 6.07 Å². The van der Waals surface area contributed by atoms with Crippen LogP contribution < -0.4 is 11.1 Å². The lowest BCUT2D eigenvalue weighted by molar-refractivity contribution is 0.102. The predicted octanol–water partition coefficient (Wildman–Crippen LogP) is 1.79. The normalized spacial score (nSPS) is 9.50. The van der Waals surface area contributed by atoms with Crippen molar-refractivity contribution in [3.63, 3.8) is 0 Å². The quantitative estimate of drug-likeness (QED) is 0.834. The van der Waals surface area contributed by atoms with E-state index in [-0.39, 0.29) is 22.9 Å². The molecule has 88 valence electrons. The first-order valence-corrected chi connectivity index (χ1v) is 5.22. The molecule has 0 unspecified atom stereocenters. The number of nitrogens with zero attached hydrogens (tertiary/aromatic N) is 2. The van der Waals surface area contributed by atoms with Gasteiger partial charge in [0.1, 0.15) is 11.8 Å². The van der Waals surface area contributed by atoms with Gasteiger partial charge in [-0.3, -0.25) is 4.79 Å². The average Bonchev–Trinajstić information content (AvgIpc) is 2.39. The minimum atomic E-state index is -0.351. The number of amides is 1. The second kappa shape index (κ2) is 4.97. The summed E-state index contributed by atoms with van der Waals surface area (Å²) in [6, 6.07) is 12.3. The van der Waals surface area contributed by atoms with Crippen LogP contribution in [-0.4, -0.2) is 10.9 Å². The first-order chi connectivity index (χ1) is 8.70. The van der Waals surface area contributed by atoms with E-state index in [4.69, 9.17) is 11.0 Å². The van der Waals surface area contributed by atoms with E-state index < -0.39 is 0 Å². The SMILES string of the molecule is N#Cc1cc(N)c(C(=O)Nc2ccccc2)cn1. The summed E-state index contributed by atoms with van der Waals surface area (Å²) in [7, 11) is 0. The molecule has 1 aromatic carbocycles. The Balaban J connectivity index is 2.22. The van der Waals surface area contributed by atoms with E-state index in [1.165, 1.54) is 12.3 Å². The Labute approximate surface area is 104 Å². The third-order valence-corrected chi connectivity index (χ3v) is 2.33. The number of aromatic nitrogens is 1. The number of hydrogen-bond donors (Lipinski definition) is 2. The fraction of sp³-hybridized carbons (Fsp3) is 0. The fourth-order valence-electron chi connectivity index (χ4n) is 1.44. The van der Waals surface area contributed by atoms with Gasteiger partial charge >= 0.3 is 0 Å². The molecular formula is C13H10N4O. The number of nitriles is 1. The van der Waals surface area contributed by atoms with Gasteiger partial charge in [-0.2, -0.15) is 5.26 Å². The summed E-state index contributed by atoms with van der Waals surface area (Å²) in [6.45, 7) is 0. The van der Waals surface area contributed by atoms with Crippen LogP contribution in [0.2, 0.25) is 0 Å². The Hall–Kier alpha value is -2.87. The molecule has 0 saturated heterocycles. The van der Waals surface area contributed by atoms with Crippen molar-refractivity contribution in [1.82, 2.24) is 4.98 Å². The van der Waals surface area contributed by atoms with Crippen LogP contribution >= 0.6 is 0 Å². The van der Waals surface area contributed by atoms with Crippen molar-refractivity contribution in [2.45, 2.75) is 0 Å². The number of hydrogen-bond acceptors (Lipinski definition) is 4. The Morgan fingerprint density at radius 2 is 2.06 bits per heavy atom. The molecule has 0 bridgehead atoms. The predicted molar refractivity (Wildman–Crippen MR) is 67.8 cm³/mol. The second-order valence-electron chi connectivity index (χ2n) is 3.59. The molecule has 2 rings (SSSR count). The van der Waals surface area contributed by atoms with Crippen LogP contribution in [-0.2, 0) is 0 Å². The zero-order valence-electron chi connectivity index (χ0n) is 9.42. The second-order valence-corrected chi connectivity index (χ2v) is 3.59. The first kappa shape index (κ1) is 11.6. The first-order valence-electron chi connectivity index (χ1n) is 5.22. The minimum Gasteiger partial charge on any atom is -0.398 e. The molecule has 2 aromatic rings. The molecule has 0 fully saturated rings. The van der Waals surface area contributed by atoms with E-state index in [2.05, 4.69) is 10.3 Å². The van der Waals surface area contributed by atoms with Crippen LogP contribution in [0, 0.1) is 11.3 Å². The molecule has 0 aliphatic heterocycles. The number of benzene rings is 1. The summed E-state index contributed by atoms with van der Waals surface area (Å²) in [5, 5.41) is 11.4. The number of nitrogen functional groups attached to an aromatic ring is 1. The summed E-state index contributed by atoms with van der Waals surface area (Å²) in [6.07, 6.45) is 1.30. The number of anilines is 2. The highest BCUT2D eigenvalue weighted by Gasteiger charge is 2.11. The zero-order chi connectivity index (χ0) is 13.0. The van der Waals surface area contributed by atoms with E-state index in [1.54, 1.807) is 12.1 Å². The van der Waals surface area contributed by atoms with Crippen molar-refractivity contribution in [2.24, 2.45) is 0 Å². The summed E-state index contributed by atoms with van der Waals surface area (Å²) in [5.41, 5.74) is 7.04. The van der Waals surface area contributed by atoms with Gasteiger partial charge in [0.15, 0.2) is 0 Å². The smallest absolute Gasteiger partial charge is 0.259 e. The van der Waals surface area contributed by atoms with Crippen LogP contribution in [0.1, 0.15) is 16.1 Å². The van der Waals surface area contributed by atoms with Crippen LogP contribution in [0.3, 0.4) is 0 Å². The topological polar surface area (TPSA) is 91.8 Å². The van der Waals surface area contributed by atoms with Gasteiger partial charge in [-0.25, -0.2) is 4.98 Å². The number of para-hydroxylation sites is 1. The number of carbonyl (C=O) groups excluding carboxylic acids is 1. The molecule has 0 radical (unpaired) electrons. The monoisotopic (exact) mass is 238 g/mol. The lowest BCUT2D eigenvalue weighted by Gasteiger charge is -2.06. The largest absolute Gasteiger partial charge is 0.398 e. The molecule has 1 heterocycles. The fourth-order valence-corrected chi connectivity index (χ4v) is 1.44. The van der Waals surface area contributed by atoms with Gasteiger partial charge in [-0.1, -0.05) is 18.2 Å². The van der Waals surface area contributed by atoms with Crippen LogP contribution in [0.4, 0.5) is 11.4 Å². The van der Waals surface area contributed by atoms with Crippen molar-refractivity contribution in [3.05, 3.63) is 53.9 Å². The van der Waals surface area contributed by atoms with E-state index in [9.17, 15) is 4.79 Å². The van der Waals surface area contributed by atoms with Crippen LogP contribution in [0.15, 0.2) is 42.6 Å². The maximum Gasteiger partial charge on any atom is 0.259 e. The number of pyridine rings is 1. The molecule has 1 aromatic heterocycles. The lowest BCUT2D eigenvalue weighted by Crippen LogP contribution is -2.14. The zero-order valence-corrected chi connectivity index (χ0v) is 9.42. The van der Waals surface area contributed by atoms with E-state index in [1.807, 2.05) is 24.3 Å². The van der Waals surface area contributed by atoms with Crippen LogP contribution in [0.5, 0.6) is 0 Å². The average molecular weight is 238 g/mol. The van der Waals surface area contributed by atoms with Gasteiger partial charge in [-0.15, -0.1) is 0 Å². The number of rotatable bonds is 2. The van der Waals surface area contributed by atoms with Crippen molar-refractivity contribution >= 4 is 17.3 Å². The Kier molecular flexibility index (Phi) is 3.21. The van der Waals surface area contributed by atoms with Gasteiger partial charge in [0.2, 0.25) is 0 Å². The Morgan fingerprint density at radius 3 is 2.67 bits per heavy atom. The van der Waals surface area contributed by atoms with Gasteiger partial charge in [0.25, 0.3) is 5.91 Å². The third-order valence-electron chi connectivity index (χ3n) is 2.33. The highest BCUT2D eigenvalue weighted by atomic mass is 16.1. The van der Waals surface area contributed by atoms with Gasteiger partial charge in [0, 0.05) is 17.6 Å². The van der Waals surface area contributed by atoms with Crippen molar-refractivity contribution < 1.29 is 4.79 Å². The highest BCUT2D eigenvalue weighted by molar-refractivity contribution is 6.07. The van der Waals surface area contributed by atoms with E-state index in [0.29, 0.717) is 5.69 Å². The molecule has 18 heavy (non-hydrogen) atoms. The third kappa shape index (κ3) is 2.44. The molecular weight excluding hydrogens is 228 g/mol. The standard InChI is InChI=1S/C13H10N4O/c14-7-10-6-12(15)11(8-16-10)13(18)17-9-4-2-1-3-5-9/h1-6,8H,(H2,15,16)(H,17,18). The molecule has 0 saturated carbocycles. The maximum absolute atomic E-state index is 11.9. The molecule has 3 N–H and O–H groups in total. The summed E-state index contributed by atoms with van der Waals surface area (Å²) in [4.78, 5) is 15.7. The number of nitrogens with one attached hydrogen (secondary N) is 1. The van der Waals surface area contributed by atoms with E-state index in [0.717, 1.165) is 0 Å². The molecule has 0 aliphatic rings. The molecule has 5 heteroatoms. The summed E-state index contributed by atoms with van der Waals surface area (Å²) >= 11 is 0. The number of carbonyl (C=O) groups is 1. The summed E-state index contributed by atoms with van der Waals surface area (Å²) < 4.78 is 0. The molecule has 5 nitrogen and oxygen atoms in total. The lowest BCUT2D eigenvalue weighted by atomic mass is 10.2.